The molecule has 0 aliphatic heterocycles. The zero-order valence-electron chi connectivity index (χ0n) is 60.6. The minimum atomic E-state index is -4.52. The number of carboxylic acids is 1. The molecule has 0 radical (unpaired) electrons. The molecule has 0 saturated heterocycles. The fourth-order valence-corrected chi connectivity index (χ4v) is 12.6. The Hall–Kier alpha value is -10.6. The number of aromatic amines is 1. The molecule has 0 fully saturated rings. The number of carbonyl (C=O) groups excluding carboxylic acids is 11. The van der Waals surface area contributed by atoms with Crippen LogP contribution in [-0.2, 0) is 97.5 Å². The maximum absolute atomic E-state index is 15.2. The van der Waals surface area contributed by atoms with Crippen molar-refractivity contribution in [3.63, 3.8) is 0 Å². The first-order valence-electron chi connectivity index (χ1n) is 35.3. The Balaban J connectivity index is 1.44. The number of para-hydroxylation sites is 1. The number of rotatable bonds is 47. The van der Waals surface area contributed by atoms with Gasteiger partial charge in [0.2, 0.25) is 59.1 Å². The van der Waals surface area contributed by atoms with Crippen LogP contribution in [0.1, 0.15) is 94.4 Å². The van der Waals surface area contributed by atoms with Gasteiger partial charge in [-0.1, -0.05) is 109 Å². The number of nitrogens with one attached hydrogen (secondary N) is 11. The number of aliphatic hydroxyl groups excluding tert-OH is 3. The minimum Gasteiger partial charge on any atom is -0.481 e. The smallest absolute Gasteiger partial charge is 0.322 e. The van der Waals surface area contributed by atoms with Crippen molar-refractivity contribution >= 4 is 111 Å². The van der Waals surface area contributed by atoms with Crippen molar-refractivity contribution in [3.8, 4) is 0 Å². The lowest BCUT2D eigenvalue weighted by Gasteiger charge is -2.29. The number of aliphatic hydroxyl groups is 3. The largest absolute Gasteiger partial charge is 0.481 e. The number of H-pyrrole nitrogens is 1. The molecule has 4 aromatic carbocycles. The Morgan fingerprint density at radius 2 is 0.917 bits per heavy atom. The number of aromatic nitrogens is 1. The molecule has 35 nitrogen and oxygen atoms in total. The number of thiol groups is 1. The second kappa shape index (κ2) is 45.3. The highest BCUT2D eigenvalue weighted by Gasteiger charge is 2.39. The van der Waals surface area contributed by atoms with E-state index in [4.69, 9.17) is 22.9 Å². The second-order valence-electron chi connectivity index (χ2n) is 26.0. The van der Waals surface area contributed by atoms with E-state index in [-0.39, 0.29) is 82.6 Å². The predicted molar refractivity (Wildman–Crippen MR) is 404 cm³/mol. The maximum Gasteiger partial charge on any atom is 0.322 e. The van der Waals surface area contributed by atoms with Gasteiger partial charge < -0.3 is 106 Å². The zero-order valence-corrected chi connectivity index (χ0v) is 62.3. The summed E-state index contributed by atoms with van der Waals surface area (Å²) in [5.74, 6) is -13.8. The van der Waals surface area contributed by atoms with E-state index >= 15 is 9.59 Å². The molecule has 5 aromatic rings. The number of benzene rings is 4. The molecule has 5 rings (SSSR count). The quantitative estimate of drug-likeness (QED) is 0.00594. The van der Waals surface area contributed by atoms with E-state index in [9.17, 15) is 76.8 Å². The third kappa shape index (κ3) is 30.9. The third-order valence-corrected chi connectivity index (χ3v) is 18.5. The molecular formula is C72H100N16O19S2. The average Bonchev–Trinajstić information content (AvgIpc) is 1.74. The SMILES string of the molecule is CC(CS(=O)(=O)OC(=O)CCS)NC(=O)[C@H](CO)NC(=O)[C@@H](NC(=O)[C@H](Cc1ccccc1)NC(=O)[C@@H](NC(=O)[C@H](CCCCN)NC(=O)[C@@H](Cc1c[nH]c2ccccc12)NC(=O)[C@H](Cc1ccccc1)NC(=O)[C@H](Cc1ccccc1)NC(=O)[C@H](CCC(=O)O)NC(=O)[C@@H](N)CCCN=C(N)N)[C@@H](C)O)[C@@H](C)O. The highest BCUT2D eigenvalue weighted by molar-refractivity contribution is 7.87. The van der Waals surface area contributed by atoms with Crippen LogP contribution in [0.15, 0.2) is 126 Å². The molecule has 0 spiro atoms. The normalized spacial score (nSPS) is 14.9. The van der Waals surface area contributed by atoms with Crippen molar-refractivity contribution in [2.45, 2.75) is 176 Å². The van der Waals surface area contributed by atoms with Crippen molar-refractivity contribution in [2.24, 2.45) is 27.9 Å². The molecule has 0 saturated carbocycles. The van der Waals surface area contributed by atoms with Gasteiger partial charge >= 0.3 is 22.1 Å². The highest BCUT2D eigenvalue weighted by atomic mass is 32.2. The number of nitrogens with two attached hydrogens (primary N) is 4. The molecular weight excluding hydrogens is 1460 g/mol. The second-order valence-corrected chi connectivity index (χ2v) is 28.1. The molecule has 0 aliphatic carbocycles. The number of fused-ring (bicyclic) bond motifs is 1. The van der Waals surface area contributed by atoms with Crippen LogP contribution < -0.4 is 76.1 Å². The zero-order chi connectivity index (χ0) is 80.3. The summed E-state index contributed by atoms with van der Waals surface area (Å²) in [6.07, 6.45) is -3.52. The number of hydrogen-bond acceptors (Lipinski definition) is 22. The molecule has 594 valence electrons. The number of carbonyl (C=O) groups is 12. The maximum atomic E-state index is 15.2. The lowest BCUT2D eigenvalue weighted by Crippen LogP contribution is -2.63. The third-order valence-electron chi connectivity index (χ3n) is 17.0. The van der Waals surface area contributed by atoms with Gasteiger partial charge in [0.05, 0.1) is 31.3 Å². The predicted octanol–water partition coefficient (Wildman–Crippen LogP) is -3.37. The van der Waals surface area contributed by atoms with Gasteiger partial charge in [-0.05, 0) is 94.2 Å². The number of hydrogen-bond donors (Lipinski definition) is 20. The monoisotopic (exact) mass is 1560 g/mol. The first kappa shape index (κ1) is 89.1. The number of carboxylic acid groups (broad SMARTS) is 1. The Kier molecular flexibility index (Phi) is 37.0. The van der Waals surface area contributed by atoms with Gasteiger partial charge in [0.25, 0.3) is 0 Å². The van der Waals surface area contributed by atoms with Crippen molar-refractivity contribution in [1.29, 1.82) is 0 Å². The van der Waals surface area contributed by atoms with Gasteiger partial charge in [-0.2, -0.15) is 21.0 Å². The molecule has 1 heterocycles. The molecule has 0 aliphatic rings. The Bertz CT molecular complexity index is 4010. The number of nitrogens with zero attached hydrogens (tertiary/aromatic N) is 1. The number of unbranched alkanes of at least 4 members (excludes halogenated alkanes) is 1. The highest BCUT2D eigenvalue weighted by Crippen LogP contribution is 2.21. The van der Waals surface area contributed by atoms with Crippen LogP contribution in [0, 0.1) is 0 Å². The Morgan fingerprint density at radius 3 is 1.39 bits per heavy atom. The van der Waals surface area contributed by atoms with Gasteiger partial charge in [0.15, 0.2) is 5.96 Å². The summed E-state index contributed by atoms with van der Waals surface area (Å²) >= 11 is 3.86. The van der Waals surface area contributed by atoms with E-state index in [0.29, 0.717) is 39.6 Å². The summed E-state index contributed by atoms with van der Waals surface area (Å²) in [7, 11) is -4.52. The lowest BCUT2D eigenvalue weighted by atomic mass is 10.00. The molecule has 37 heteroatoms. The molecule has 0 bridgehead atoms. The Morgan fingerprint density at radius 1 is 0.505 bits per heavy atom. The minimum absolute atomic E-state index is 0.00844. The summed E-state index contributed by atoms with van der Waals surface area (Å²) in [5.41, 5.74) is 25.5. The van der Waals surface area contributed by atoms with Crippen LogP contribution in [0.2, 0.25) is 0 Å². The van der Waals surface area contributed by atoms with E-state index < -0.39 is 185 Å². The molecule has 23 N–H and O–H groups in total. The van der Waals surface area contributed by atoms with Crippen LogP contribution in [0.5, 0.6) is 0 Å². The van der Waals surface area contributed by atoms with Crippen LogP contribution in [0.3, 0.4) is 0 Å². The van der Waals surface area contributed by atoms with E-state index in [1.165, 1.54) is 6.92 Å². The van der Waals surface area contributed by atoms with Crippen LogP contribution in [-0.4, -0.2) is 221 Å². The number of aliphatic imine (C=N–C) groups is 1. The first-order chi connectivity index (χ1) is 51.8. The van der Waals surface area contributed by atoms with Crippen molar-refractivity contribution < 1.29 is 90.6 Å². The summed E-state index contributed by atoms with van der Waals surface area (Å²) in [6, 6.07) is 14.5. The average molecular weight is 1560 g/mol. The van der Waals surface area contributed by atoms with E-state index in [1.54, 1.807) is 121 Å². The van der Waals surface area contributed by atoms with Gasteiger partial charge in [-0.3, -0.25) is 62.5 Å². The molecule has 13 atom stereocenters. The fourth-order valence-electron chi connectivity index (χ4n) is 11.3. The van der Waals surface area contributed by atoms with Crippen LogP contribution >= 0.6 is 12.6 Å². The molecule has 109 heavy (non-hydrogen) atoms. The number of guanidine groups is 1. The van der Waals surface area contributed by atoms with Crippen molar-refractivity contribution in [2.75, 3.05) is 31.2 Å². The molecule has 10 amide bonds. The van der Waals surface area contributed by atoms with E-state index in [1.807, 2.05) is 0 Å². The summed E-state index contributed by atoms with van der Waals surface area (Å²) in [5, 5.41) is 67.8. The van der Waals surface area contributed by atoms with E-state index in [0.717, 1.165) is 13.8 Å². The first-order valence-corrected chi connectivity index (χ1v) is 37.5. The summed E-state index contributed by atoms with van der Waals surface area (Å²) in [4.78, 5) is 175. The lowest BCUT2D eigenvalue weighted by molar-refractivity contribution is -0.138. The van der Waals surface area contributed by atoms with E-state index in [2.05, 4.69) is 80.0 Å². The Labute approximate surface area is 635 Å². The molecule has 1 unspecified atom stereocenters. The molecule has 1 aromatic heterocycles. The van der Waals surface area contributed by atoms with Crippen molar-refractivity contribution in [1.82, 2.24) is 58.2 Å². The standard InChI is InChI=1S/C72H100N16O19S2/c1-41(40-109(105,106)107-59(94)30-33-108)79-69(102)57(39-89)86-71(104)61(43(3)91)88-68(101)55(36-46-22-11-6-12-23-46)85-70(103)60(42(2)90)87-64(97)51(27-15-16-31-73)81-67(100)56(37-47-38-78-50-26-14-13-24-48(47)50)84-66(99)54(35-45-20-9-5-10-21-45)83-65(98)53(34-44-18-7-4-8-19-44)82-63(96)52(28-29-58(92)93)80-62(95)49(74)25-17-32-77-72(75)76/h4-14,18-24,26,38,41-43,49,51-57,60-61,78,89-91,108H,15-17,25,27-37,39-40,73-74H2,1-3H3,(H,79,102)(H,80,95)(H,81,100)(H,82,96)(H,83,98)(H,84,99)(H,85,103)(H,86,104)(H,87,97)(H,88,101)(H,92,93)(H4,75,76,77)/t41?,42-,43-,49+,51+,52+,53+,54+,55+,56-,57+,60+,61+/m1/s1. The van der Waals surface area contributed by atoms with Gasteiger partial charge in [-0.15, -0.1) is 0 Å². The van der Waals surface area contributed by atoms with Gasteiger partial charge in [-0.25, -0.2) is 0 Å². The number of amides is 10. The summed E-state index contributed by atoms with van der Waals surface area (Å²) in [6.45, 7) is 2.67. The van der Waals surface area contributed by atoms with Crippen LogP contribution in [0.25, 0.3) is 10.9 Å². The van der Waals surface area contributed by atoms with Gasteiger partial charge in [0.1, 0.15) is 60.1 Å². The van der Waals surface area contributed by atoms with Gasteiger partial charge in [0, 0.05) is 67.5 Å². The number of aliphatic carboxylic acids is 1. The topological polar surface area (TPSA) is 582 Å². The van der Waals surface area contributed by atoms with Crippen LogP contribution in [0.4, 0.5) is 0 Å². The summed E-state index contributed by atoms with van der Waals surface area (Å²) < 4.78 is 29.4. The fraction of sp³-hybridized carbons (Fsp3) is 0.458. The van der Waals surface area contributed by atoms with Crippen molar-refractivity contribution in [3.05, 3.63) is 144 Å².